The van der Waals surface area contributed by atoms with Gasteiger partial charge in [0.05, 0.1) is 5.56 Å². The molecule has 1 aliphatic rings. The van der Waals surface area contributed by atoms with Gasteiger partial charge in [-0.2, -0.15) is 11.3 Å². The second kappa shape index (κ2) is 8.31. The first-order valence-corrected chi connectivity index (χ1v) is 10.2. The minimum Gasteiger partial charge on any atom is -0.355 e. The van der Waals surface area contributed by atoms with Gasteiger partial charge in [-0.15, -0.1) is 0 Å². The number of anilines is 1. The first-order chi connectivity index (χ1) is 13.3. The molecule has 6 heteroatoms. The number of carbonyl (C=O) groups is 1. The van der Waals surface area contributed by atoms with Gasteiger partial charge in [-0.1, -0.05) is 30.3 Å². The van der Waals surface area contributed by atoms with Gasteiger partial charge in [0.1, 0.15) is 11.6 Å². The summed E-state index contributed by atoms with van der Waals surface area (Å²) in [5, 5.41) is 3.87. The van der Waals surface area contributed by atoms with Crippen LogP contribution in [0.15, 0.2) is 59.4 Å². The Morgan fingerprint density at radius 1 is 1.04 bits per heavy atom. The smallest absolute Gasteiger partial charge is 0.254 e. The van der Waals surface area contributed by atoms with Crippen LogP contribution in [0, 0.1) is 0 Å². The van der Waals surface area contributed by atoms with Crippen molar-refractivity contribution in [2.75, 3.05) is 31.1 Å². The molecule has 0 spiro atoms. The number of thiophene rings is 1. The zero-order chi connectivity index (χ0) is 18.5. The van der Waals surface area contributed by atoms with E-state index >= 15 is 0 Å². The predicted molar refractivity (Wildman–Crippen MR) is 108 cm³/mol. The van der Waals surface area contributed by atoms with Gasteiger partial charge in [-0.25, -0.2) is 9.97 Å². The molecule has 0 radical (unpaired) electrons. The van der Waals surface area contributed by atoms with Crippen molar-refractivity contribution in [3.63, 3.8) is 0 Å². The predicted octanol–water partition coefficient (Wildman–Crippen LogP) is 3.48. The molecule has 138 valence electrons. The second-order valence-electron chi connectivity index (χ2n) is 6.64. The molecular weight excluding hydrogens is 356 g/mol. The number of aromatic nitrogens is 2. The maximum Gasteiger partial charge on any atom is 0.254 e. The van der Waals surface area contributed by atoms with Gasteiger partial charge in [0.15, 0.2) is 0 Å². The van der Waals surface area contributed by atoms with Crippen LogP contribution >= 0.6 is 11.3 Å². The quantitative estimate of drug-likeness (QED) is 0.697. The lowest BCUT2D eigenvalue weighted by Crippen LogP contribution is -2.35. The summed E-state index contributed by atoms with van der Waals surface area (Å²) in [5.41, 5.74) is 2.00. The molecule has 3 aromatic rings. The van der Waals surface area contributed by atoms with Crippen LogP contribution in [0.2, 0.25) is 0 Å². The number of benzene rings is 1. The largest absolute Gasteiger partial charge is 0.355 e. The van der Waals surface area contributed by atoms with Crippen LogP contribution in [0.3, 0.4) is 0 Å². The highest BCUT2D eigenvalue weighted by atomic mass is 32.1. The molecule has 1 fully saturated rings. The van der Waals surface area contributed by atoms with Crippen molar-refractivity contribution < 1.29 is 4.79 Å². The van der Waals surface area contributed by atoms with Gasteiger partial charge in [0.25, 0.3) is 5.91 Å². The average Bonchev–Trinajstić information content (AvgIpc) is 3.13. The van der Waals surface area contributed by atoms with E-state index in [1.165, 1.54) is 5.56 Å². The van der Waals surface area contributed by atoms with Gasteiger partial charge in [-0.3, -0.25) is 4.79 Å². The fourth-order valence-electron chi connectivity index (χ4n) is 3.35. The monoisotopic (exact) mass is 378 g/mol. The third kappa shape index (κ3) is 4.34. The lowest BCUT2D eigenvalue weighted by Gasteiger charge is -2.23. The zero-order valence-electron chi connectivity index (χ0n) is 15.1. The van der Waals surface area contributed by atoms with Crippen LogP contribution in [-0.2, 0) is 6.42 Å². The van der Waals surface area contributed by atoms with E-state index in [4.69, 9.17) is 4.98 Å². The Morgan fingerprint density at radius 3 is 2.74 bits per heavy atom. The molecule has 4 rings (SSSR count). The fraction of sp³-hybridized carbons (Fsp3) is 0.286. The Hall–Kier alpha value is -2.73. The molecule has 2 aromatic heterocycles. The number of carbonyl (C=O) groups excluding carboxylic acids is 1. The van der Waals surface area contributed by atoms with E-state index in [1.807, 2.05) is 52.2 Å². The molecule has 1 amide bonds. The number of nitrogens with zero attached hydrogens (tertiary/aromatic N) is 4. The highest BCUT2D eigenvalue weighted by Crippen LogP contribution is 2.17. The summed E-state index contributed by atoms with van der Waals surface area (Å²) in [6.07, 6.45) is 3.50. The lowest BCUT2D eigenvalue weighted by molar-refractivity contribution is 0.0767. The SMILES string of the molecule is O=C(c1ccsc1)N1CCCN(c2ccnc(Cc3ccccc3)n2)CC1. The number of rotatable bonds is 4. The molecule has 3 heterocycles. The Kier molecular flexibility index (Phi) is 5.44. The van der Waals surface area contributed by atoms with E-state index in [2.05, 4.69) is 22.0 Å². The van der Waals surface area contributed by atoms with Gasteiger partial charge in [-0.05, 0) is 29.5 Å². The molecule has 0 atom stereocenters. The van der Waals surface area contributed by atoms with E-state index < -0.39 is 0 Å². The summed E-state index contributed by atoms with van der Waals surface area (Å²) in [6.45, 7) is 3.19. The van der Waals surface area contributed by atoms with Crippen LogP contribution in [0.1, 0.15) is 28.2 Å². The highest BCUT2D eigenvalue weighted by Gasteiger charge is 2.21. The van der Waals surface area contributed by atoms with Crippen LogP contribution in [-0.4, -0.2) is 47.0 Å². The Bertz CT molecular complexity index is 882. The van der Waals surface area contributed by atoms with E-state index in [-0.39, 0.29) is 5.91 Å². The van der Waals surface area contributed by atoms with Crippen molar-refractivity contribution in [1.82, 2.24) is 14.9 Å². The van der Waals surface area contributed by atoms with Crippen LogP contribution in [0.4, 0.5) is 5.82 Å². The maximum atomic E-state index is 12.6. The highest BCUT2D eigenvalue weighted by molar-refractivity contribution is 7.08. The van der Waals surface area contributed by atoms with E-state index in [1.54, 1.807) is 11.3 Å². The molecule has 0 aliphatic carbocycles. The van der Waals surface area contributed by atoms with Crippen LogP contribution < -0.4 is 4.90 Å². The third-order valence-electron chi connectivity index (χ3n) is 4.77. The number of hydrogen-bond donors (Lipinski definition) is 0. The first kappa shape index (κ1) is 17.7. The maximum absolute atomic E-state index is 12.6. The first-order valence-electron chi connectivity index (χ1n) is 9.22. The van der Waals surface area contributed by atoms with Gasteiger partial charge in [0, 0.05) is 44.2 Å². The van der Waals surface area contributed by atoms with Gasteiger partial charge < -0.3 is 9.80 Å². The average molecular weight is 379 g/mol. The summed E-state index contributed by atoms with van der Waals surface area (Å²) < 4.78 is 0. The molecule has 0 unspecified atom stereocenters. The van der Waals surface area contributed by atoms with Crippen molar-refractivity contribution in [3.05, 3.63) is 76.4 Å². The minimum absolute atomic E-state index is 0.130. The van der Waals surface area contributed by atoms with Crippen molar-refractivity contribution >= 4 is 23.1 Å². The van der Waals surface area contributed by atoms with Crippen molar-refractivity contribution in [2.45, 2.75) is 12.8 Å². The Labute approximate surface area is 163 Å². The summed E-state index contributed by atoms with van der Waals surface area (Å²) in [6, 6.07) is 14.1. The topological polar surface area (TPSA) is 49.3 Å². The standard InChI is InChI=1S/C21H22N4OS/c26-21(18-8-14-27-16-18)25-11-4-10-24(12-13-25)20-7-9-22-19(23-20)15-17-5-2-1-3-6-17/h1-3,5-9,14,16H,4,10-13,15H2. The van der Waals surface area contributed by atoms with Crippen molar-refractivity contribution in [1.29, 1.82) is 0 Å². The molecule has 1 aromatic carbocycles. The van der Waals surface area contributed by atoms with Crippen molar-refractivity contribution in [3.8, 4) is 0 Å². The Balaban J connectivity index is 1.43. The third-order valence-corrected chi connectivity index (χ3v) is 5.45. The summed E-state index contributed by atoms with van der Waals surface area (Å²) in [7, 11) is 0. The normalized spacial score (nSPS) is 14.8. The van der Waals surface area contributed by atoms with Crippen LogP contribution in [0.25, 0.3) is 0 Å². The second-order valence-corrected chi connectivity index (χ2v) is 7.42. The molecule has 1 saturated heterocycles. The summed E-state index contributed by atoms with van der Waals surface area (Å²) in [5.74, 6) is 1.90. The summed E-state index contributed by atoms with van der Waals surface area (Å²) in [4.78, 5) is 26.0. The molecular formula is C21H22N4OS. The minimum atomic E-state index is 0.130. The fourth-order valence-corrected chi connectivity index (χ4v) is 3.98. The number of hydrogen-bond acceptors (Lipinski definition) is 5. The van der Waals surface area contributed by atoms with Crippen LogP contribution in [0.5, 0.6) is 0 Å². The Morgan fingerprint density at radius 2 is 1.93 bits per heavy atom. The van der Waals surface area contributed by atoms with E-state index in [0.717, 1.165) is 49.7 Å². The zero-order valence-corrected chi connectivity index (χ0v) is 15.9. The van der Waals surface area contributed by atoms with E-state index in [0.29, 0.717) is 6.54 Å². The lowest BCUT2D eigenvalue weighted by atomic mass is 10.1. The number of amides is 1. The molecule has 0 bridgehead atoms. The van der Waals surface area contributed by atoms with Crippen molar-refractivity contribution in [2.24, 2.45) is 0 Å². The van der Waals surface area contributed by atoms with Gasteiger partial charge >= 0.3 is 0 Å². The molecule has 27 heavy (non-hydrogen) atoms. The van der Waals surface area contributed by atoms with Gasteiger partial charge in [0.2, 0.25) is 0 Å². The van der Waals surface area contributed by atoms with E-state index in [9.17, 15) is 4.79 Å². The molecule has 0 N–H and O–H groups in total. The molecule has 1 aliphatic heterocycles. The molecule has 5 nitrogen and oxygen atoms in total. The summed E-state index contributed by atoms with van der Waals surface area (Å²) >= 11 is 1.56. The molecule has 0 saturated carbocycles.